The Labute approximate surface area is 136 Å². The molecule has 1 aliphatic rings. The second kappa shape index (κ2) is 6.43. The molecular weight excluding hydrogens is 314 g/mol. The van der Waals surface area contributed by atoms with E-state index in [0.29, 0.717) is 18.5 Å². The lowest BCUT2D eigenvalue weighted by atomic mass is 10.2. The normalized spacial score (nSPS) is 17.5. The smallest absolute Gasteiger partial charge is 0.315 e. The average molecular weight is 329 g/mol. The van der Waals surface area contributed by atoms with Crippen molar-refractivity contribution in [2.75, 3.05) is 11.9 Å². The molecular formula is C15H15N5O2S. The number of hydrogen-bond donors (Lipinski definition) is 1. The minimum absolute atomic E-state index is 0.0620. The number of ether oxygens (including phenoxy) is 1. The van der Waals surface area contributed by atoms with Crippen LogP contribution in [0.15, 0.2) is 34.2 Å². The molecule has 0 saturated carbocycles. The first-order valence-corrected chi connectivity index (χ1v) is 8.31. The van der Waals surface area contributed by atoms with Gasteiger partial charge in [-0.25, -0.2) is 4.98 Å². The van der Waals surface area contributed by atoms with Crippen molar-refractivity contribution < 1.29 is 9.15 Å². The lowest BCUT2D eigenvalue weighted by Gasteiger charge is -2.01. The van der Waals surface area contributed by atoms with Gasteiger partial charge in [0, 0.05) is 18.2 Å². The summed E-state index contributed by atoms with van der Waals surface area (Å²) in [6.07, 6.45) is 3.67. The topological polar surface area (TPSA) is 86.0 Å². The third kappa shape index (κ3) is 3.22. The van der Waals surface area contributed by atoms with Crippen LogP contribution in [-0.4, -0.2) is 26.8 Å². The highest BCUT2D eigenvalue weighted by molar-refractivity contribution is 7.13. The molecule has 1 atom stereocenters. The highest BCUT2D eigenvalue weighted by Crippen LogP contribution is 2.28. The van der Waals surface area contributed by atoms with Gasteiger partial charge in [0.05, 0.1) is 17.9 Å². The van der Waals surface area contributed by atoms with Crippen LogP contribution in [0.5, 0.6) is 0 Å². The molecule has 0 aliphatic carbocycles. The number of pyridine rings is 1. The number of anilines is 1. The fourth-order valence-electron chi connectivity index (χ4n) is 2.37. The fraction of sp³-hybridized carbons (Fsp3) is 0.333. The summed E-state index contributed by atoms with van der Waals surface area (Å²) in [6, 6.07) is 6.18. The Balaban J connectivity index is 1.39. The Bertz CT molecular complexity index is 767. The van der Waals surface area contributed by atoms with Gasteiger partial charge in [-0.15, -0.1) is 16.4 Å². The Morgan fingerprint density at radius 1 is 1.30 bits per heavy atom. The summed E-state index contributed by atoms with van der Waals surface area (Å²) in [6.45, 7) is 1.28. The van der Waals surface area contributed by atoms with Crippen LogP contribution in [0.25, 0.3) is 10.7 Å². The second-order valence-corrected chi connectivity index (χ2v) is 6.02. The molecule has 0 aromatic carbocycles. The van der Waals surface area contributed by atoms with Crippen LogP contribution in [0.3, 0.4) is 0 Å². The second-order valence-electron chi connectivity index (χ2n) is 5.16. The Kier molecular flexibility index (Phi) is 3.99. The van der Waals surface area contributed by atoms with Gasteiger partial charge >= 0.3 is 6.01 Å². The van der Waals surface area contributed by atoms with Crippen molar-refractivity contribution in [3.63, 3.8) is 0 Å². The van der Waals surface area contributed by atoms with E-state index in [1.807, 2.05) is 23.6 Å². The molecule has 0 amide bonds. The van der Waals surface area contributed by atoms with E-state index in [1.165, 1.54) is 0 Å². The molecule has 7 nitrogen and oxygen atoms in total. The van der Waals surface area contributed by atoms with E-state index in [0.717, 1.165) is 35.8 Å². The Hall–Kier alpha value is -2.32. The molecule has 4 rings (SSSR count). The summed E-state index contributed by atoms with van der Waals surface area (Å²) in [5.74, 6) is 0.539. The summed E-state index contributed by atoms with van der Waals surface area (Å²) < 4.78 is 11.1. The van der Waals surface area contributed by atoms with E-state index in [1.54, 1.807) is 17.5 Å². The Morgan fingerprint density at radius 3 is 3.13 bits per heavy atom. The van der Waals surface area contributed by atoms with E-state index in [4.69, 9.17) is 9.15 Å². The van der Waals surface area contributed by atoms with Crippen molar-refractivity contribution in [1.82, 2.24) is 20.2 Å². The molecule has 8 heteroatoms. The zero-order valence-corrected chi connectivity index (χ0v) is 13.1. The summed E-state index contributed by atoms with van der Waals surface area (Å²) >= 11 is 1.56. The molecule has 0 radical (unpaired) electrons. The van der Waals surface area contributed by atoms with E-state index in [2.05, 4.69) is 25.5 Å². The van der Waals surface area contributed by atoms with Crippen LogP contribution in [0.4, 0.5) is 6.01 Å². The van der Waals surface area contributed by atoms with Gasteiger partial charge < -0.3 is 14.5 Å². The van der Waals surface area contributed by atoms with Crippen molar-refractivity contribution >= 4 is 17.4 Å². The monoisotopic (exact) mass is 329 g/mol. The van der Waals surface area contributed by atoms with E-state index < -0.39 is 0 Å². The van der Waals surface area contributed by atoms with Gasteiger partial charge in [0.15, 0.2) is 0 Å². The molecule has 3 aromatic heterocycles. The number of aromatic nitrogens is 4. The Morgan fingerprint density at radius 2 is 2.30 bits per heavy atom. The first-order chi connectivity index (χ1) is 11.4. The van der Waals surface area contributed by atoms with Gasteiger partial charge in [-0.05, 0) is 25.0 Å². The predicted molar refractivity (Wildman–Crippen MR) is 84.9 cm³/mol. The third-order valence-corrected chi connectivity index (χ3v) is 4.42. The highest BCUT2D eigenvalue weighted by Gasteiger charge is 2.23. The number of nitrogens with one attached hydrogen (secondary N) is 1. The number of hydrogen-bond acceptors (Lipinski definition) is 8. The summed E-state index contributed by atoms with van der Waals surface area (Å²) in [5.41, 5.74) is 1.79. The number of thiazole rings is 1. The van der Waals surface area contributed by atoms with Crippen molar-refractivity contribution in [2.45, 2.75) is 25.5 Å². The molecule has 23 heavy (non-hydrogen) atoms. The zero-order valence-electron chi connectivity index (χ0n) is 12.3. The lowest BCUT2D eigenvalue weighted by molar-refractivity contribution is 0.0897. The molecule has 4 heterocycles. The van der Waals surface area contributed by atoms with Crippen molar-refractivity contribution in [3.8, 4) is 10.7 Å². The molecule has 1 N–H and O–H groups in total. The van der Waals surface area contributed by atoms with Crippen LogP contribution in [0.2, 0.25) is 0 Å². The molecule has 1 saturated heterocycles. The van der Waals surface area contributed by atoms with E-state index in [9.17, 15) is 0 Å². The van der Waals surface area contributed by atoms with Crippen LogP contribution in [0, 0.1) is 0 Å². The van der Waals surface area contributed by atoms with Crippen LogP contribution in [-0.2, 0) is 11.3 Å². The molecule has 3 aromatic rings. The van der Waals surface area contributed by atoms with E-state index in [-0.39, 0.29) is 6.10 Å². The largest absolute Gasteiger partial charge is 0.405 e. The van der Waals surface area contributed by atoms with Gasteiger partial charge in [-0.1, -0.05) is 11.2 Å². The maximum absolute atomic E-state index is 5.59. The van der Waals surface area contributed by atoms with Crippen LogP contribution >= 0.6 is 11.3 Å². The number of nitrogens with zero attached hydrogens (tertiary/aromatic N) is 4. The summed E-state index contributed by atoms with van der Waals surface area (Å²) in [4.78, 5) is 8.86. The van der Waals surface area contributed by atoms with Gasteiger partial charge in [0.1, 0.15) is 11.1 Å². The first kappa shape index (κ1) is 14.3. The minimum atomic E-state index is -0.0620. The lowest BCUT2D eigenvalue weighted by Crippen LogP contribution is -2.00. The molecule has 118 valence electrons. The molecule has 1 fully saturated rings. The number of rotatable bonds is 5. The summed E-state index contributed by atoms with van der Waals surface area (Å²) in [5, 5.41) is 14.0. The standard InChI is InChI=1S/C15H15N5O2S/c1-2-6-16-11(4-1)14-18-10(9-23-14)8-17-15-20-19-13(22-15)12-5-3-7-21-12/h1-2,4,6,9,12H,3,5,7-8H2,(H,17,20)/t12-/m0/s1. The van der Waals surface area contributed by atoms with Gasteiger partial charge in [0.25, 0.3) is 0 Å². The summed E-state index contributed by atoms with van der Waals surface area (Å²) in [7, 11) is 0. The highest BCUT2D eigenvalue weighted by atomic mass is 32.1. The van der Waals surface area contributed by atoms with Crippen molar-refractivity contribution in [3.05, 3.63) is 41.4 Å². The van der Waals surface area contributed by atoms with Crippen LogP contribution < -0.4 is 5.32 Å². The zero-order chi connectivity index (χ0) is 15.5. The SMILES string of the molecule is c1ccc(-c2nc(CNc3nnc([C@@H]4CCCO4)o3)cs2)nc1. The van der Waals surface area contributed by atoms with Gasteiger partial charge in [-0.3, -0.25) is 4.98 Å². The van der Waals surface area contributed by atoms with Gasteiger partial charge in [0.2, 0.25) is 5.89 Å². The average Bonchev–Trinajstić information content (AvgIpc) is 3.33. The van der Waals surface area contributed by atoms with Gasteiger partial charge in [-0.2, -0.15) is 0 Å². The first-order valence-electron chi connectivity index (χ1n) is 7.43. The maximum Gasteiger partial charge on any atom is 0.315 e. The van der Waals surface area contributed by atoms with E-state index >= 15 is 0 Å². The molecule has 0 unspecified atom stereocenters. The minimum Gasteiger partial charge on any atom is -0.405 e. The molecule has 0 bridgehead atoms. The van der Waals surface area contributed by atoms with Crippen molar-refractivity contribution in [2.24, 2.45) is 0 Å². The molecule has 1 aliphatic heterocycles. The van der Waals surface area contributed by atoms with Crippen molar-refractivity contribution in [1.29, 1.82) is 0 Å². The quantitative estimate of drug-likeness (QED) is 0.770. The third-order valence-electron chi connectivity index (χ3n) is 3.50. The molecule has 0 spiro atoms. The predicted octanol–water partition coefficient (Wildman–Crippen LogP) is 3.05. The maximum atomic E-state index is 5.59. The fourth-order valence-corrected chi connectivity index (χ4v) is 3.16. The van der Waals surface area contributed by atoms with Crippen LogP contribution in [0.1, 0.15) is 30.5 Å².